The van der Waals surface area contributed by atoms with Gasteiger partial charge in [0.05, 0.1) is 17.6 Å². The number of piperidine rings is 1. The van der Waals surface area contributed by atoms with Crippen molar-refractivity contribution in [3.8, 4) is 0 Å². The molecule has 2 aromatic rings. The van der Waals surface area contributed by atoms with Crippen molar-refractivity contribution < 1.29 is 14.4 Å². The van der Waals surface area contributed by atoms with Gasteiger partial charge in [0.1, 0.15) is 5.66 Å². The number of amides is 3. The van der Waals surface area contributed by atoms with Crippen LogP contribution in [0.4, 0.5) is 5.69 Å². The van der Waals surface area contributed by atoms with E-state index in [1.54, 1.807) is 22.1 Å². The minimum Gasteiger partial charge on any atom is -0.342 e. The first kappa shape index (κ1) is 19.8. The molecule has 1 atom stereocenters. The van der Waals surface area contributed by atoms with Crippen LogP contribution in [0, 0.1) is 0 Å². The highest BCUT2D eigenvalue weighted by molar-refractivity contribution is 6.10. The minimum atomic E-state index is -0.711. The smallest absolute Gasteiger partial charge is 0.257 e. The maximum absolute atomic E-state index is 13.3. The van der Waals surface area contributed by atoms with Gasteiger partial charge in [-0.2, -0.15) is 0 Å². The topological polar surface area (TPSA) is 78.8 Å². The highest BCUT2D eigenvalue weighted by Gasteiger charge is 2.52. The molecular formula is C23H27N5O3. The highest BCUT2D eigenvalue weighted by atomic mass is 16.2. The van der Waals surface area contributed by atoms with Gasteiger partial charge in [-0.25, -0.2) is 4.98 Å². The lowest BCUT2D eigenvalue weighted by atomic mass is 9.98. The number of anilines is 1. The Morgan fingerprint density at radius 2 is 1.97 bits per heavy atom. The molecule has 8 nitrogen and oxygen atoms in total. The van der Waals surface area contributed by atoms with Gasteiger partial charge in [0, 0.05) is 50.9 Å². The third kappa shape index (κ3) is 3.21. The Morgan fingerprint density at radius 1 is 1.19 bits per heavy atom. The van der Waals surface area contributed by atoms with Gasteiger partial charge in [0.2, 0.25) is 11.8 Å². The summed E-state index contributed by atoms with van der Waals surface area (Å²) in [6.45, 7) is 3.67. The van der Waals surface area contributed by atoms with Crippen LogP contribution in [-0.2, 0) is 9.59 Å². The summed E-state index contributed by atoms with van der Waals surface area (Å²) in [5.74, 6) is -0.00812. The number of carbonyl (C=O) groups is 3. The number of carbonyl (C=O) groups excluding carboxylic acids is 3. The Hall–Kier alpha value is -3.16. The van der Waals surface area contributed by atoms with E-state index in [1.807, 2.05) is 42.5 Å². The second-order valence-corrected chi connectivity index (χ2v) is 8.79. The van der Waals surface area contributed by atoms with Crippen molar-refractivity contribution in [2.75, 3.05) is 24.5 Å². The number of hydrogen-bond donors (Lipinski definition) is 0. The molecule has 31 heavy (non-hydrogen) atoms. The van der Waals surface area contributed by atoms with Crippen molar-refractivity contribution in [1.82, 2.24) is 19.4 Å². The standard InChI is InChI=1S/C23H27N5O3/c1-23-10-6-21(30)28(23)19-5-3-2-4-18(19)22(31)27(23)14-9-20(29)25-12-7-17(8-13-25)26-15-11-24-16-26/h2-5,11,15-17H,6-10,12-14H2,1H3. The molecule has 0 saturated carbocycles. The number of benzene rings is 1. The van der Waals surface area contributed by atoms with E-state index in [-0.39, 0.29) is 24.1 Å². The summed E-state index contributed by atoms with van der Waals surface area (Å²) in [5.41, 5.74) is 0.502. The molecule has 1 aromatic carbocycles. The largest absolute Gasteiger partial charge is 0.342 e. The van der Waals surface area contributed by atoms with Gasteiger partial charge in [-0.05, 0) is 38.3 Å². The molecule has 3 aliphatic heterocycles. The molecule has 162 valence electrons. The molecule has 4 heterocycles. The first-order valence-corrected chi connectivity index (χ1v) is 11.0. The van der Waals surface area contributed by atoms with E-state index in [2.05, 4.69) is 9.55 Å². The van der Waals surface area contributed by atoms with Gasteiger partial charge in [-0.3, -0.25) is 19.3 Å². The third-order valence-corrected chi connectivity index (χ3v) is 7.06. The first-order chi connectivity index (χ1) is 15.0. The van der Waals surface area contributed by atoms with Crippen LogP contribution in [0.5, 0.6) is 0 Å². The number of imidazole rings is 1. The summed E-state index contributed by atoms with van der Waals surface area (Å²) in [5, 5.41) is 0. The Kier molecular flexibility index (Phi) is 4.79. The van der Waals surface area contributed by atoms with Crippen LogP contribution in [0.25, 0.3) is 0 Å². The molecule has 5 rings (SSSR count). The Labute approximate surface area is 181 Å². The molecule has 0 aliphatic carbocycles. The average molecular weight is 422 g/mol. The number of para-hydroxylation sites is 1. The predicted octanol–water partition coefficient (Wildman–Crippen LogP) is 2.44. The third-order valence-electron chi connectivity index (χ3n) is 7.06. The van der Waals surface area contributed by atoms with E-state index >= 15 is 0 Å². The quantitative estimate of drug-likeness (QED) is 0.760. The van der Waals surface area contributed by atoms with Crippen molar-refractivity contribution in [2.45, 2.75) is 50.7 Å². The van der Waals surface area contributed by atoms with Gasteiger partial charge < -0.3 is 14.4 Å². The fourth-order valence-electron chi connectivity index (χ4n) is 5.31. The normalized spacial score (nSPS) is 23.8. The fraction of sp³-hybridized carbons (Fsp3) is 0.478. The monoisotopic (exact) mass is 421 g/mol. The van der Waals surface area contributed by atoms with Crippen LogP contribution in [0.3, 0.4) is 0 Å². The van der Waals surface area contributed by atoms with Crippen LogP contribution in [0.2, 0.25) is 0 Å². The molecule has 2 fully saturated rings. The summed E-state index contributed by atoms with van der Waals surface area (Å²) >= 11 is 0. The average Bonchev–Trinajstić information content (AvgIpc) is 3.42. The molecule has 0 spiro atoms. The Balaban J connectivity index is 1.27. The molecule has 2 saturated heterocycles. The minimum absolute atomic E-state index is 0.0281. The molecule has 0 N–H and O–H groups in total. The summed E-state index contributed by atoms with van der Waals surface area (Å²) in [6, 6.07) is 7.64. The fourth-order valence-corrected chi connectivity index (χ4v) is 5.31. The summed E-state index contributed by atoms with van der Waals surface area (Å²) in [6.07, 6.45) is 8.63. The van der Waals surface area contributed by atoms with Crippen LogP contribution >= 0.6 is 0 Å². The zero-order valence-corrected chi connectivity index (χ0v) is 17.7. The molecule has 8 heteroatoms. The zero-order valence-electron chi connectivity index (χ0n) is 17.7. The maximum atomic E-state index is 13.3. The molecular weight excluding hydrogens is 394 g/mol. The first-order valence-electron chi connectivity index (χ1n) is 11.0. The molecule has 3 aliphatic rings. The number of aromatic nitrogens is 2. The Morgan fingerprint density at radius 3 is 2.71 bits per heavy atom. The van der Waals surface area contributed by atoms with Crippen molar-refractivity contribution in [2.24, 2.45) is 0 Å². The lowest BCUT2D eigenvalue weighted by molar-refractivity contribution is -0.132. The molecule has 1 aromatic heterocycles. The van der Waals surface area contributed by atoms with Crippen molar-refractivity contribution in [1.29, 1.82) is 0 Å². The molecule has 1 unspecified atom stereocenters. The van der Waals surface area contributed by atoms with Gasteiger partial charge in [-0.15, -0.1) is 0 Å². The van der Waals surface area contributed by atoms with E-state index in [1.165, 1.54) is 0 Å². The number of rotatable bonds is 4. The SMILES string of the molecule is CC12CCC(=O)N1c1ccccc1C(=O)N2CCC(=O)N1CCC(n2ccnc2)CC1. The van der Waals surface area contributed by atoms with E-state index in [4.69, 9.17) is 0 Å². The Bertz CT molecular complexity index is 1010. The van der Waals surface area contributed by atoms with Crippen LogP contribution in [-0.4, -0.2) is 62.4 Å². The van der Waals surface area contributed by atoms with E-state index in [9.17, 15) is 14.4 Å². The summed E-state index contributed by atoms with van der Waals surface area (Å²) in [4.78, 5) is 48.4. The lowest BCUT2D eigenvalue weighted by Crippen LogP contribution is -2.62. The molecule has 0 bridgehead atoms. The van der Waals surface area contributed by atoms with Crippen molar-refractivity contribution >= 4 is 23.4 Å². The van der Waals surface area contributed by atoms with E-state index in [0.717, 1.165) is 12.8 Å². The number of likely N-dealkylation sites (tertiary alicyclic amines) is 1. The van der Waals surface area contributed by atoms with Gasteiger partial charge >= 0.3 is 0 Å². The molecule has 3 amide bonds. The number of hydrogen-bond acceptors (Lipinski definition) is 4. The van der Waals surface area contributed by atoms with Crippen LogP contribution in [0.15, 0.2) is 43.0 Å². The second-order valence-electron chi connectivity index (χ2n) is 8.79. The van der Waals surface area contributed by atoms with Crippen molar-refractivity contribution in [3.63, 3.8) is 0 Å². The summed E-state index contributed by atoms with van der Waals surface area (Å²) in [7, 11) is 0. The van der Waals surface area contributed by atoms with E-state index in [0.29, 0.717) is 49.8 Å². The van der Waals surface area contributed by atoms with Crippen molar-refractivity contribution in [3.05, 3.63) is 48.5 Å². The number of fused-ring (bicyclic) bond motifs is 3. The van der Waals surface area contributed by atoms with Gasteiger partial charge in [0.15, 0.2) is 0 Å². The van der Waals surface area contributed by atoms with Gasteiger partial charge in [0.25, 0.3) is 5.91 Å². The highest BCUT2D eigenvalue weighted by Crippen LogP contribution is 2.44. The van der Waals surface area contributed by atoms with E-state index < -0.39 is 5.66 Å². The second kappa shape index (κ2) is 7.51. The number of nitrogens with zero attached hydrogens (tertiary/aromatic N) is 5. The zero-order chi connectivity index (χ0) is 21.6. The van der Waals surface area contributed by atoms with Crippen LogP contribution in [0.1, 0.15) is 55.4 Å². The van der Waals surface area contributed by atoms with Crippen LogP contribution < -0.4 is 4.90 Å². The summed E-state index contributed by atoms with van der Waals surface area (Å²) < 4.78 is 2.11. The lowest BCUT2D eigenvalue weighted by Gasteiger charge is -2.48. The predicted molar refractivity (Wildman–Crippen MR) is 114 cm³/mol. The maximum Gasteiger partial charge on any atom is 0.257 e. The van der Waals surface area contributed by atoms with Gasteiger partial charge in [-0.1, -0.05) is 12.1 Å². The molecule has 0 radical (unpaired) electrons.